The van der Waals surface area contributed by atoms with Gasteiger partial charge in [-0.05, 0) is 43.8 Å². The number of para-hydroxylation sites is 1. The minimum Gasteiger partial charge on any atom is -0.324 e. The molecular weight excluding hydrogens is 336 g/mol. The van der Waals surface area contributed by atoms with E-state index >= 15 is 0 Å². The number of rotatable bonds is 5. The summed E-state index contributed by atoms with van der Waals surface area (Å²) in [6.07, 6.45) is -4.54. The molecule has 3 nitrogen and oxygen atoms in total. The molecule has 0 aliphatic heterocycles. The number of carbonyl (C=O) groups excluding carboxylic acids is 1. The molecule has 7 heteroatoms. The van der Waals surface area contributed by atoms with Crippen LogP contribution in [-0.2, 0) is 11.0 Å². The zero-order valence-electron chi connectivity index (χ0n) is 13.8. The molecular formula is C18H18F4N2O. The summed E-state index contributed by atoms with van der Waals surface area (Å²) in [5.74, 6) is -0.923. The van der Waals surface area contributed by atoms with Crippen LogP contribution in [0.5, 0.6) is 0 Å². The minimum atomic E-state index is -4.54. The smallest absolute Gasteiger partial charge is 0.324 e. The Kier molecular flexibility index (Phi) is 5.79. The van der Waals surface area contributed by atoms with Crippen LogP contribution in [0, 0.1) is 5.82 Å². The molecule has 25 heavy (non-hydrogen) atoms. The first kappa shape index (κ1) is 18.9. The van der Waals surface area contributed by atoms with Crippen molar-refractivity contribution in [2.45, 2.75) is 19.1 Å². The van der Waals surface area contributed by atoms with E-state index in [-0.39, 0.29) is 24.1 Å². The van der Waals surface area contributed by atoms with Gasteiger partial charge in [0.1, 0.15) is 5.82 Å². The van der Waals surface area contributed by atoms with Crippen molar-refractivity contribution in [3.63, 3.8) is 0 Å². The van der Waals surface area contributed by atoms with Crippen molar-refractivity contribution in [2.75, 3.05) is 18.9 Å². The largest absolute Gasteiger partial charge is 0.418 e. The molecule has 1 unspecified atom stereocenters. The SMILES string of the molecule is CC(c1ccc(F)cc1)N(C)CC(=O)Nc1ccccc1C(F)(F)F. The zero-order valence-corrected chi connectivity index (χ0v) is 13.8. The van der Waals surface area contributed by atoms with Crippen LogP contribution in [0.1, 0.15) is 24.1 Å². The number of benzene rings is 2. The third-order valence-electron chi connectivity index (χ3n) is 3.91. The Balaban J connectivity index is 2.04. The van der Waals surface area contributed by atoms with Gasteiger partial charge >= 0.3 is 6.18 Å². The normalized spacial score (nSPS) is 12.9. The molecule has 1 amide bonds. The molecule has 134 valence electrons. The highest BCUT2D eigenvalue weighted by Gasteiger charge is 2.33. The Bertz CT molecular complexity index is 729. The fourth-order valence-corrected chi connectivity index (χ4v) is 2.39. The summed E-state index contributed by atoms with van der Waals surface area (Å²) >= 11 is 0. The Labute approximate surface area is 143 Å². The molecule has 0 aliphatic rings. The lowest BCUT2D eigenvalue weighted by Gasteiger charge is -2.24. The number of likely N-dealkylation sites (N-methyl/N-ethyl adjacent to an activating group) is 1. The molecule has 0 saturated carbocycles. The highest BCUT2D eigenvalue weighted by Crippen LogP contribution is 2.34. The van der Waals surface area contributed by atoms with Crippen molar-refractivity contribution in [1.29, 1.82) is 0 Å². The second kappa shape index (κ2) is 7.65. The topological polar surface area (TPSA) is 32.3 Å². The van der Waals surface area contributed by atoms with Crippen LogP contribution >= 0.6 is 0 Å². The van der Waals surface area contributed by atoms with Crippen molar-refractivity contribution in [2.24, 2.45) is 0 Å². The van der Waals surface area contributed by atoms with Gasteiger partial charge in [-0.1, -0.05) is 24.3 Å². The summed E-state index contributed by atoms with van der Waals surface area (Å²) in [6, 6.07) is 10.5. The summed E-state index contributed by atoms with van der Waals surface area (Å²) in [5.41, 5.74) is -0.368. The molecule has 0 bridgehead atoms. The van der Waals surface area contributed by atoms with Crippen LogP contribution < -0.4 is 5.32 Å². The minimum absolute atomic E-state index is 0.106. The van der Waals surface area contributed by atoms with E-state index in [0.717, 1.165) is 11.6 Å². The maximum absolute atomic E-state index is 13.0. The number of amides is 1. The van der Waals surface area contributed by atoms with Crippen molar-refractivity contribution < 1.29 is 22.4 Å². The molecule has 0 fully saturated rings. The molecule has 0 spiro atoms. The monoisotopic (exact) mass is 354 g/mol. The molecule has 0 aliphatic carbocycles. The lowest BCUT2D eigenvalue weighted by atomic mass is 10.1. The summed E-state index contributed by atoms with van der Waals surface area (Å²) in [5, 5.41) is 2.30. The van der Waals surface area contributed by atoms with Crippen LogP contribution in [0.3, 0.4) is 0 Å². The van der Waals surface area contributed by atoms with Crippen LogP contribution in [0.25, 0.3) is 0 Å². The van der Waals surface area contributed by atoms with E-state index in [0.29, 0.717) is 0 Å². The number of hydrogen-bond donors (Lipinski definition) is 1. The fourth-order valence-electron chi connectivity index (χ4n) is 2.39. The molecule has 0 saturated heterocycles. The van der Waals surface area contributed by atoms with Gasteiger partial charge in [0, 0.05) is 6.04 Å². The maximum atomic E-state index is 13.0. The first-order valence-corrected chi connectivity index (χ1v) is 7.60. The second-order valence-electron chi connectivity index (χ2n) is 5.73. The standard InChI is InChI=1S/C18H18F4N2O/c1-12(13-7-9-14(19)10-8-13)24(2)11-17(25)23-16-6-4-3-5-15(16)18(20,21)22/h3-10,12H,11H2,1-2H3,(H,23,25). The zero-order chi connectivity index (χ0) is 18.6. The Morgan fingerprint density at radius 1 is 1.12 bits per heavy atom. The van der Waals surface area contributed by atoms with Crippen molar-refractivity contribution >= 4 is 11.6 Å². The maximum Gasteiger partial charge on any atom is 0.418 e. The van der Waals surface area contributed by atoms with E-state index in [1.807, 2.05) is 6.92 Å². The van der Waals surface area contributed by atoms with E-state index in [1.54, 1.807) is 24.1 Å². The summed E-state index contributed by atoms with van der Waals surface area (Å²) in [4.78, 5) is 13.8. The lowest BCUT2D eigenvalue weighted by Crippen LogP contribution is -2.32. The van der Waals surface area contributed by atoms with Gasteiger partial charge in [-0.15, -0.1) is 0 Å². The molecule has 1 atom stereocenters. The van der Waals surface area contributed by atoms with Gasteiger partial charge < -0.3 is 5.32 Å². The predicted octanol–water partition coefficient (Wildman–Crippen LogP) is 4.48. The van der Waals surface area contributed by atoms with Crippen LogP contribution in [-0.4, -0.2) is 24.4 Å². The van der Waals surface area contributed by atoms with Crippen molar-refractivity contribution in [3.05, 3.63) is 65.5 Å². The number of nitrogens with zero attached hydrogens (tertiary/aromatic N) is 1. The number of hydrogen-bond acceptors (Lipinski definition) is 2. The van der Waals surface area contributed by atoms with Gasteiger partial charge in [-0.3, -0.25) is 9.69 Å². The number of nitrogens with one attached hydrogen (secondary N) is 1. The van der Waals surface area contributed by atoms with Crippen LogP contribution in [0.15, 0.2) is 48.5 Å². The number of halogens is 4. The molecule has 0 aromatic heterocycles. The van der Waals surface area contributed by atoms with E-state index in [9.17, 15) is 22.4 Å². The van der Waals surface area contributed by atoms with Crippen molar-refractivity contribution in [3.8, 4) is 0 Å². The van der Waals surface area contributed by atoms with E-state index in [4.69, 9.17) is 0 Å². The summed E-state index contributed by atoms with van der Waals surface area (Å²) in [7, 11) is 1.67. The quantitative estimate of drug-likeness (QED) is 0.803. The third kappa shape index (κ3) is 5.03. The highest BCUT2D eigenvalue weighted by molar-refractivity contribution is 5.93. The first-order chi connectivity index (χ1) is 11.7. The summed E-state index contributed by atoms with van der Waals surface area (Å²) in [6.45, 7) is 1.72. The van der Waals surface area contributed by atoms with Gasteiger partial charge in [-0.2, -0.15) is 13.2 Å². The number of alkyl halides is 3. The average Bonchev–Trinajstić information content (AvgIpc) is 2.54. The van der Waals surface area contributed by atoms with Gasteiger partial charge in [0.05, 0.1) is 17.8 Å². The van der Waals surface area contributed by atoms with Gasteiger partial charge in [0.25, 0.3) is 0 Å². The van der Waals surface area contributed by atoms with Gasteiger partial charge in [0.2, 0.25) is 5.91 Å². The predicted molar refractivity (Wildman–Crippen MR) is 87.5 cm³/mol. The van der Waals surface area contributed by atoms with E-state index in [1.165, 1.54) is 30.3 Å². The molecule has 1 N–H and O–H groups in total. The average molecular weight is 354 g/mol. The Hall–Kier alpha value is -2.41. The van der Waals surface area contributed by atoms with Crippen LogP contribution in [0.2, 0.25) is 0 Å². The van der Waals surface area contributed by atoms with Gasteiger partial charge in [0.15, 0.2) is 0 Å². The Morgan fingerprint density at radius 2 is 1.72 bits per heavy atom. The molecule has 0 radical (unpaired) electrons. The fraction of sp³-hybridized carbons (Fsp3) is 0.278. The number of carbonyl (C=O) groups is 1. The highest BCUT2D eigenvalue weighted by atomic mass is 19.4. The molecule has 2 aromatic rings. The van der Waals surface area contributed by atoms with E-state index < -0.39 is 17.6 Å². The lowest BCUT2D eigenvalue weighted by molar-refractivity contribution is -0.137. The van der Waals surface area contributed by atoms with E-state index in [2.05, 4.69) is 5.32 Å². The molecule has 2 aromatic carbocycles. The molecule has 2 rings (SSSR count). The Morgan fingerprint density at radius 3 is 2.32 bits per heavy atom. The second-order valence-corrected chi connectivity index (χ2v) is 5.73. The third-order valence-corrected chi connectivity index (χ3v) is 3.91. The molecule has 0 heterocycles. The number of anilines is 1. The summed E-state index contributed by atoms with van der Waals surface area (Å²) < 4.78 is 51.8. The van der Waals surface area contributed by atoms with Crippen molar-refractivity contribution in [1.82, 2.24) is 4.90 Å². The van der Waals surface area contributed by atoms with Gasteiger partial charge in [-0.25, -0.2) is 4.39 Å². The first-order valence-electron chi connectivity index (χ1n) is 7.60. The van der Waals surface area contributed by atoms with Crippen LogP contribution in [0.4, 0.5) is 23.2 Å².